The summed E-state index contributed by atoms with van der Waals surface area (Å²) in [7, 11) is -3.39. The highest BCUT2D eigenvalue weighted by Crippen LogP contribution is 2.28. The molecule has 0 aromatic heterocycles. The number of hydrogen-bond donors (Lipinski definition) is 0. The minimum absolute atomic E-state index is 0.141. The van der Waals surface area contributed by atoms with Crippen molar-refractivity contribution in [3.8, 4) is 11.1 Å². The second-order valence-corrected chi connectivity index (χ2v) is 7.95. The molecule has 23 heavy (non-hydrogen) atoms. The maximum atomic E-state index is 12.9. The van der Waals surface area contributed by atoms with Crippen molar-refractivity contribution in [1.29, 1.82) is 0 Å². The van der Waals surface area contributed by atoms with Crippen molar-refractivity contribution < 1.29 is 8.42 Å². The number of rotatable bonds is 4. The van der Waals surface area contributed by atoms with E-state index in [1.54, 1.807) is 16.4 Å². The van der Waals surface area contributed by atoms with Gasteiger partial charge in [-0.05, 0) is 42.5 Å². The van der Waals surface area contributed by atoms with Crippen LogP contribution in [0.25, 0.3) is 11.1 Å². The number of hydrogen-bond acceptors (Lipinski definition) is 2. The molecule has 1 saturated heterocycles. The van der Waals surface area contributed by atoms with Crippen LogP contribution in [0.5, 0.6) is 0 Å². The Bertz CT molecular complexity index is 739. The Kier molecular flexibility index (Phi) is 4.83. The van der Waals surface area contributed by atoms with Gasteiger partial charge in [0.1, 0.15) is 0 Å². The highest BCUT2D eigenvalue weighted by molar-refractivity contribution is 7.89. The number of benzene rings is 2. The van der Waals surface area contributed by atoms with E-state index in [1.807, 2.05) is 42.5 Å². The third-order valence-corrected chi connectivity index (χ3v) is 6.58. The zero-order valence-corrected chi connectivity index (χ0v) is 14.3. The molecule has 0 saturated carbocycles. The van der Waals surface area contributed by atoms with E-state index in [2.05, 4.69) is 6.92 Å². The standard InChI is InChI=1S/C19H23NO2S/c1-2-18-10-6-7-15-20(18)23(21,22)19-13-11-17(12-14-19)16-8-4-3-5-9-16/h3-5,8-9,11-14,18H,2,6-7,10,15H2,1H3. The first-order valence-electron chi connectivity index (χ1n) is 8.30. The first kappa shape index (κ1) is 16.2. The predicted octanol–water partition coefficient (Wildman–Crippen LogP) is 4.31. The highest BCUT2D eigenvalue weighted by Gasteiger charge is 2.32. The van der Waals surface area contributed by atoms with Crippen molar-refractivity contribution >= 4 is 10.0 Å². The van der Waals surface area contributed by atoms with E-state index >= 15 is 0 Å². The van der Waals surface area contributed by atoms with Crippen molar-refractivity contribution in [3.63, 3.8) is 0 Å². The van der Waals surface area contributed by atoms with Crippen molar-refractivity contribution in [2.45, 2.75) is 43.5 Å². The molecule has 0 radical (unpaired) electrons. The van der Waals surface area contributed by atoms with Crippen LogP contribution < -0.4 is 0 Å². The quantitative estimate of drug-likeness (QED) is 0.838. The van der Waals surface area contributed by atoms with Gasteiger partial charge in [-0.2, -0.15) is 4.31 Å². The normalized spacial score (nSPS) is 19.6. The summed E-state index contributed by atoms with van der Waals surface area (Å²) >= 11 is 0. The van der Waals surface area contributed by atoms with Crippen molar-refractivity contribution in [2.24, 2.45) is 0 Å². The van der Waals surface area contributed by atoms with Crippen molar-refractivity contribution in [1.82, 2.24) is 4.31 Å². The van der Waals surface area contributed by atoms with Gasteiger partial charge in [0.05, 0.1) is 4.90 Å². The van der Waals surface area contributed by atoms with Gasteiger partial charge in [0, 0.05) is 12.6 Å². The van der Waals surface area contributed by atoms with Gasteiger partial charge in [-0.1, -0.05) is 55.8 Å². The third kappa shape index (κ3) is 3.33. The Morgan fingerprint density at radius 2 is 1.61 bits per heavy atom. The molecule has 3 rings (SSSR count). The Morgan fingerprint density at radius 1 is 0.957 bits per heavy atom. The molecule has 0 spiro atoms. The first-order valence-corrected chi connectivity index (χ1v) is 9.74. The van der Waals surface area contributed by atoms with Crippen LogP contribution in [0.1, 0.15) is 32.6 Å². The maximum Gasteiger partial charge on any atom is 0.243 e. The summed E-state index contributed by atoms with van der Waals surface area (Å²) < 4.78 is 27.6. The molecule has 122 valence electrons. The number of nitrogens with zero attached hydrogens (tertiary/aromatic N) is 1. The van der Waals surface area contributed by atoms with Crippen molar-refractivity contribution in [2.75, 3.05) is 6.54 Å². The molecule has 1 unspecified atom stereocenters. The van der Waals surface area contributed by atoms with E-state index in [-0.39, 0.29) is 6.04 Å². The van der Waals surface area contributed by atoms with E-state index < -0.39 is 10.0 Å². The van der Waals surface area contributed by atoms with Crippen LogP contribution in [0.3, 0.4) is 0 Å². The molecule has 1 aliphatic rings. The predicted molar refractivity (Wildman–Crippen MR) is 93.7 cm³/mol. The fourth-order valence-corrected chi connectivity index (χ4v) is 5.05. The lowest BCUT2D eigenvalue weighted by Gasteiger charge is -2.34. The molecule has 1 atom stereocenters. The molecule has 1 fully saturated rings. The zero-order chi connectivity index (χ0) is 16.3. The number of piperidine rings is 1. The van der Waals surface area contributed by atoms with Gasteiger partial charge in [-0.25, -0.2) is 8.42 Å². The van der Waals surface area contributed by atoms with E-state index in [9.17, 15) is 8.42 Å². The van der Waals surface area contributed by atoms with E-state index in [4.69, 9.17) is 0 Å². The zero-order valence-electron chi connectivity index (χ0n) is 13.5. The molecular formula is C19H23NO2S. The lowest BCUT2D eigenvalue weighted by molar-refractivity contribution is 0.246. The van der Waals surface area contributed by atoms with E-state index in [0.29, 0.717) is 11.4 Å². The summed E-state index contributed by atoms with van der Waals surface area (Å²) in [6.07, 6.45) is 3.93. The van der Waals surface area contributed by atoms with Crippen molar-refractivity contribution in [3.05, 3.63) is 54.6 Å². The summed E-state index contributed by atoms with van der Waals surface area (Å²) in [5.41, 5.74) is 2.14. The van der Waals surface area contributed by atoms with Gasteiger partial charge in [0.15, 0.2) is 0 Å². The third-order valence-electron chi connectivity index (χ3n) is 4.61. The molecule has 4 heteroatoms. The fourth-order valence-electron chi connectivity index (χ4n) is 3.28. The summed E-state index contributed by atoms with van der Waals surface area (Å²) in [6, 6.07) is 17.4. The average Bonchev–Trinajstić information content (AvgIpc) is 2.62. The molecule has 0 bridgehead atoms. The SMILES string of the molecule is CCC1CCCCN1S(=O)(=O)c1ccc(-c2ccccc2)cc1. The topological polar surface area (TPSA) is 37.4 Å². The molecule has 0 N–H and O–H groups in total. The van der Waals surface area contributed by atoms with E-state index in [1.165, 1.54) is 0 Å². The van der Waals surface area contributed by atoms with Gasteiger partial charge < -0.3 is 0 Å². The molecule has 1 aliphatic heterocycles. The minimum Gasteiger partial charge on any atom is -0.207 e. The molecular weight excluding hydrogens is 306 g/mol. The smallest absolute Gasteiger partial charge is 0.207 e. The van der Waals surface area contributed by atoms with Gasteiger partial charge in [0.2, 0.25) is 10.0 Å². The summed E-state index contributed by atoms with van der Waals surface area (Å²) in [4.78, 5) is 0.400. The molecule has 0 aliphatic carbocycles. The monoisotopic (exact) mass is 329 g/mol. The first-order chi connectivity index (χ1) is 11.1. The summed E-state index contributed by atoms with van der Waals surface area (Å²) in [6.45, 7) is 2.71. The van der Waals surface area contributed by atoms with E-state index in [0.717, 1.165) is 36.8 Å². The summed E-state index contributed by atoms with van der Waals surface area (Å²) in [5, 5.41) is 0. The fraction of sp³-hybridized carbons (Fsp3) is 0.368. The molecule has 1 heterocycles. The lowest BCUT2D eigenvalue weighted by Crippen LogP contribution is -2.43. The van der Waals surface area contributed by atoms with Gasteiger partial charge in [-0.15, -0.1) is 0 Å². The van der Waals surface area contributed by atoms with Crippen LogP contribution in [0.2, 0.25) is 0 Å². The summed E-state index contributed by atoms with van der Waals surface area (Å²) in [5.74, 6) is 0. The molecule has 3 nitrogen and oxygen atoms in total. The second-order valence-electron chi connectivity index (χ2n) is 6.06. The molecule has 0 amide bonds. The van der Waals surface area contributed by atoms with Gasteiger partial charge in [-0.3, -0.25) is 0 Å². The van der Waals surface area contributed by atoms with Crippen LogP contribution in [-0.4, -0.2) is 25.3 Å². The Morgan fingerprint density at radius 3 is 2.26 bits per heavy atom. The Hall–Kier alpha value is -1.65. The Labute approximate surface area is 139 Å². The second kappa shape index (κ2) is 6.85. The lowest BCUT2D eigenvalue weighted by atomic mass is 10.0. The molecule has 2 aromatic rings. The average molecular weight is 329 g/mol. The van der Waals surface area contributed by atoms with Gasteiger partial charge >= 0.3 is 0 Å². The van der Waals surface area contributed by atoms with Gasteiger partial charge in [0.25, 0.3) is 0 Å². The highest BCUT2D eigenvalue weighted by atomic mass is 32.2. The number of sulfonamides is 1. The minimum atomic E-state index is -3.39. The largest absolute Gasteiger partial charge is 0.243 e. The maximum absolute atomic E-state index is 12.9. The van der Waals surface area contributed by atoms with Crippen LogP contribution in [0.15, 0.2) is 59.5 Å². The Balaban J connectivity index is 1.88. The van der Waals surface area contributed by atoms with Crippen LogP contribution in [0, 0.1) is 0 Å². The van der Waals surface area contributed by atoms with Crippen LogP contribution in [-0.2, 0) is 10.0 Å². The van der Waals surface area contributed by atoms with Crippen LogP contribution in [0.4, 0.5) is 0 Å². The molecule has 2 aromatic carbocycles. The van der Waals surface area contributed by atoms with Crippen LogP contribution >= 0.6 is 0 Å².